The normalized spacial score (nSPS) is 30.2. The molecule has 0 radical (unpaired) electrons. The number of aliphatic hydroxyl groups excluding tert-OH is 1. The molecule has 1 aromatic carbocycles. The number of hydrogen-bond donors (Lipinski definition) is 2. The molecule has 0 bridgehead atoms. The van der Waals surface area contributed by atoms with Gasteiger partial charge in [-0.15, -0.1) is 0 Å². The Bertz CT molecular complexity index is 531. The van der Waals surface area contributed by atoms with Crippen LogP contribution in [-0.4, -0.2) is 43.1 Å². The molecule has 0 unspecified atom stereocenters. The van der Waals surface area contributed by atoms with E-state index >= 15 is 0 Å². The van der Waals surface area contributed by atoms with Crippen LogP contribution in [0.1, 0.15) is 32.3 Å². The van der Waals surface area contributed by atoms with Gasteiger partial charge < -0.3 is 19.9 Å². The first-order valence-electron chi connectivity index (χ1n) is 8.71. The summed E-state index contributed by atoms with van der Waals surface area (Å²) in [5.74, 6) is 1.40. The Balaban J connectivity index is 1.44. The highest BCUT2D eigenvalue weighted by Crippen LogP contribution is 2.51. The average Bonchev–Trinajstić information content (AvgIpc) is 2.53. The van der Waals surface area contributed by atoms with Crippen LogP contribution < -0.4 is 10.1 Å². The van der Waals surface area contributed by atoms with Crippen LogP contribution in [0.25, 0.3) is 0 Å². The van der Waals surface area contributed by atoms with E-state index in [9.17, 15) is 5.11 Å². The Morgan fingerprint density at radius 2 is 2.26 bits per heavy atom. The number of ether oxygens (including phenoxy) is 2. The quantitative estimate of drug-likeness (QED) is 0.846. The van der Waals surface area contributed by atoms with E-state index in [0.29, 0.717) is 31.2 Å². The van der Waals surface area contributed by atoms with Crippen molar-refractivity contribution in [2.24, 2.45) is 11.3 Å². The molecular weight excluding hydrogens is 290 g/mol. The molecule has 0 spiro atoms. The van der Waals surface area contributed by atoms with Crippen LogP contribution in [0.4, 0.5) is 0 Å². The van der Waals surface area contributed by atoms with Crippen LogP contribution in [0.15, 0.2) is 24.3 Å². The second-order valence-electron chi connectivity index (χ2n) is 7.59. The molecular formula is C19H29NO3. The SMILES string of the molecule is Cc1cccc(OC[C@H](O)CN[C@@H]2[C@@H]3CCCO[C@@H]3C2(C)C)c1. The van der Waals surface area contributed by atoms with Crippen molar-refractivity contribution < 1.29 is 14.6 Å². The van der Waals surface area contributed by atoms with Gasteiger partial charge in [-0.2, -0.15) is 0 Å². The van der Waals surface area contributed by atoms with Gasteiger partial charge in [0.05, 0.1) is 6.10 Å². The molecule has 2 N–H and O–H groups in total. The minimum absolute atomic E-state index is 0.141. The Hall–Kier alpha value is -1.10. The number of nitrogens with one attached hydrogen (secondary N) is 1. The largest absolute Gasteiger partial charge is 0.491 e. The zero-order valence-electron chi connectivity index (χ0n) is 14.4. The third-order valence-corrected chi connectivity index (χ3v) is 5.34. The minimum Gasteiger partial charge on any atom is -0.491 e. The van der Waals surface area contributed by atoms with Gasteiger partial charge in [0.2, 0.25) is 0 Å². The highest BCUT2D eigenvalue weighted by atomic mass is 16.5. The fraction of sp³-hybridized carbons (Fsp3) is 0.684. The highest BCUT2D eigenvalue weighted by Gasteiger charge is 2.57. The molecule has 2 fully saturated rings. The predicted octanol–water partition coefficient (Wildman–Crippen LogP) is 2.53. The maximum atomic E-state index is 10.2. The molecule has 1 heterocycles. The molecule has 4 nitrogen and oxygen atoms in total. The lowest BCUT2D eigenvalue weighted by atomic mass is 9.55. The topological polar surface area (TPSA) is 50.7 Å². The lowest BCUT2D eigenvalue weighted by Crippen LogP contribution is -2.69. The second-order valence-corrected chi connectivity index (χ2v) is 7.59. The van der Waals surface area contributed by atoms with Crippen LogP contribution in [0.3, 0.4) is 0 Å². The molecule has 3 rings (SSSR count). The summed E-state index contributed by atoms with van der Waals surface area (Å²) >= 11 is 0. The van der Waals surface area contributed by atoms with Gasteiger partial charge >= 0.3 is 0 Å². The van der Waals surface area contributed by atoms with Crippen molar-refractivity contribution in [2.75, 3.05) is 19.8 Å². The highest BCUT2D eigenvalue weighted by molar-refractivity contribution is 5.27. The van der Waals surface area contributed by atoms with Crippen molar-refractivity contribution in [1.82, 2.24) is 5.32 Å². The number of benzene rings is 1. The third-order valence-electron chi connectivity index (χ3n) is 5.34. The van der Waals surface area contributed by atoms with E-state index in [4.69, 9.17) is 9.47 Å². The molecule has 0 amide bonds. The van der Waals surface area contributed by atoms with Crippen LogP contribution in [-0.2, 0) is 4.74 Å². The van der Waals surface area contributed by atoms with E-state index in [1.165, 1.54) is 6.42 Å². The smallest absolute Gasteiger partial charge is 0.119 e. The molecule has 1 saturated carbocycles. The van der Waals surface area contributed by atoms with Gasteiger partial charge in [-0.1, -0.05) is 26.0 Å². The lowest BCUT2D eigenvalue weighted by Gasteiger charge is -2.60. The molecule has 1 saturated heterocycles. The summed E-state index contributed by atoms with van der Waals surface area (Å²) < 4.78 is 11.6. The first-order valence-corrected chi connectivity index (χ1v) is 8.71. The zero-order chi connectivity index (χ0) is 16.4. The number of aryl methyl sites for hydroxylation is 1. The molecule has 128 valence electrons. The summed E-state index contributed by atoms with van der Waals surface area (Å²) in [4.78, 5) is 0. The molecule has 1 aromatic rings. The van der Waals surface area contributed by atoms with Gasteiger partial charge in [-0.3, -0.25) is 0 Å². The fourth-order valence-electron chi connectivity index (χ4n) is 4.16. The molecule has 4 heteroatoms. The van der Waals surface area contributed by atoms with Crippen molar-refractivity contribution in [1.29, 1.82) is 0 Å². The van der Waals surface area contributed by atoms with Crippen molar-refractivity contribution in [3.05, 3.63) is 29.8 Å². The van der Waals surface area contributed by atoms with E-state index in [1.807, 2.05) is 31.2 Å². The summed E-state index contributed by atoms with van der Waals surface area (Å²) in [6, 6.07) is 8.33. The Morgan fingerprint density at radius 3 is 3.04 bits per heavy atom. The van der Waals surface area contributed by atoms with Crippen LogP contribution in [0.2, 0.25) is 0 Å². The van der Waals surface area contributed by atoms with E-state index in [1.54, 1.807) is 0 Å². The minimum atomic E-state index is -0.505. The standard InChI is InChI=1S/C19H29NO3/c1-13-6-4-7-15(10-13)23-12-14(21)11-20-17-16-8-5-9-22-18(16)19(17,2)3/h4,6-7,10,14,16-18,20-21H,5,8-9,11-12H2,1-3H3/t14-,16+,17-,18+/m1/s1. The van der Waals surface area contributed by atoms with Gasteiger partial charge in [0.1, 0.15) is 18.5 Å². The molecule has 1 aliphatic heterocycles. The number of aliphatic hydroxyl groups is 1. The zero-order valence-corrected chi connectivity index (χ0v) is 14.4. The number of hydrogen-bond acceptors (Lipinski definition) is 4. The van der Waals surface area contributed by atoms with E-state index < -0.39 is 6.10 Å². The fourth-order valence-corrected chi connectivity index (χ4v) is 4.16. The average molecular weight is 319 g/mol. The molecule has 23 heavy (non-hydrogen) atoms. The molecule has 1 aliphatic carbocycles. The van der Waals surface area contributed by atoms with Crippen molar-refractivity contribution in [3.8, 4) is 5.75 Å². The first-order chi connectivity index (χ1) is 11.0. The molecule has 2 aliphatic rings. The van der Waals surface area contributed by atoms with Crippen molar-refractivity contribution in [3.63, 3.8) is 0 Å². The van der Waals surface area contributed by atoms with Gasteiger partial charge in [0.25, 0.3) is 0 Å². The second kappa shape index (κ2) is 6.80. The molecule has 0 aromatic heterocycles. The summed E-state index contributed by atoms with van der Waals surface area (Å²) in [5, 5.41) is 13.7. The van der Waals surface area contributed by atoms with Gasteiger partial charge in [-0.05, 0) is 37.5 Å². The maximum absolute atomic E-state index is 10.2. The Kier molecular flexibility index (Phi) is 4.95. The van der Waals surface area contributed by atoms with Gasteiger partial charge in [0, 0.05) is 30.5 Å². The van der Waals surface area contributed by atoms with Crippen molar-refractivity contribution in [2.45, 2.75) is 51.9 Å². The molecule has 4 atom stereocenters. The van der Waals surface area contributed by atoms with E-state index in [-0.39, 0.29) is 5.41 Å². The lowest BCUT2D eigenvalue weighted by molar-refractivity contribution is -0.193. The van der Waals surface area contributed by atoms with Crippen LogP contribution in [0.5, 0.6) is 5.75 Å². The summed E-state index contributed by atoms with van der Waals surface area (Å²) in [6.45, 7) is 8.31. The van der Waals surface area contributed by atoms with Gasteiger partial charge in [-0.25, -0.2) is 0 Å². The van der Waals surface area contributed by atoms with Crippen LogP contribution in [0, 0.1) is 18.3 Å². The van der Waals surface area contributed by atoms with E-state index in [0.717, 1.165) is 24.3 Å². The maximum Gasteiger partial charge on any atom is 0.119 e. The third kappa shape index (κ3) is 3.54. The monoisotopic (exact) mass is 319 g/mol. The Morgan fingerprint density at radius 1 is 1.43 bits per heavy atom. The van der Waals surface area contributed by atoms with Gasteiger partial charge in [0.15, 0.2) is 0 Å². The summed E-state index contributed by atoms with van der Waals surface area (Å²) in [7, 11) is 0. The summed E-state index contributed by atoms with van der Waals surface area (Å²) in [5.41, 5.74) is 1.30. The van der Waals surface area contributed by atoms with Crippen LogP contribution >= 0.6 is 0 Å². The predicted molar refractivity (Wildman–Crippen MR) is 90.7 cm³/mol. The Labute approximate surface area is 139 Å². The summed E-state index contributed by atoms with van der Waals surface area (Å²) in [6.07, 6.45) is 2.24. The number of rotatable bonds is 6. The first kappa shape index (κ1) is 16.7. The van der Waals surface area contributed by atoms with Crippen molar-refractivity contribution >= 4 is 0 Å². The van der Waals surface area contributed by atoms with E-state index in [2.05, 4.69) is 19.2 Å². The number of fused-ring (bicyclic) bond motifs is 1.